The zero-order chi connectivity index (χ0) is 9.84. The van der Waals surface area contributed by atoms with Crippen molar-refractivity contribution in [3.05, 3.63) is 34.9 Å². The fourth-order valence-electron chi connectivity index (χ4n) is 0.989. The maximum atomic E-state index is 10.8. The molecule has 0 bridgehead atoms. The summed E-state index contributed by atoms with van der Waals surface area (Å²) < 4.78 is 0. The first-order valence-electron chi connectivity index (χ1n) is 3.59. The molecule has 3 nitrogen and oxygen atoms in total. The Kier molecular flexibility index (Phi) is 2.88. The molecule has 0 saturated carbocycles. The lowest BCUT2D eigenvalue weighted by Gasteiger charge is -2.04. The van der Waals surface area contributed by atoms with Gasteiger partial charge in [-0.05, 0) is 17.7 Å². The van der Waals surface area contributed by atoms with Gasteiger partial charge in [-0.2, -0.15) is 5.26 Å². The lowest BCUT2D eigenvalue weighted by molar-refractivity contribution is -0.118. The first kappa shape index (κ1) is 9.56. The molecule has 0 heterocycles. The van der Waals surface area contributed by atoms with Gasteiger partial charge in [0.05, 0.1) is 6.07 Å². The smallest absolute Gasteiger partial charge is 0.239 e. The van der Waals surface area contributed by atoms with Crippen molar-refractivity contribution >= 4 is 17.5 Å². The molecule has 1 amide bonds. The van der Waals surface area contributed by atoms with Gasteiger partial charge >= 0.3 is 0 Å². The largest absolute Gasteiger partial charge is 0.368 e. The number of nitriles is 1. The van der Waals surface area contributed by atoms with Crippen LogP contribution in [0.5, 0.6) is 0 Å². The molecule has 1 rings (SSSR count). The molecule has 1 aromatic rings. The molecule has 0 aromatic heterocycles. The number of hydrogen-bond donors (Lipinski definition) is 1. The van der Waals surface area contributed by atoms with Gasteiger partial charge in [-0.15, -0.1) is 0 Å². The van der Waals surface area contributed by atoms with E-state index in [1.165, 1.54) is 0 Å². The van der Waals surface area contributed by atoms with Gasteiger partial charge in [-0.1, -0.05) is 23.7 Å². The summed E-state index contributed by atoms with van der Waals surface area (Å²) in [6.07, 6.45) is 0. The van der Waals surface area contributed by atoms with Crippen LogP contribution in [-0.2, 0) is 4.79 Å². The standard InChI is InChI=1S/C9H7ClN2O/c10-7-3-1-2-6(4-7)8(5-11)9(12)13/h1-4,8H,(H2,12,13). The van der Waals surface area contributed by atoms with E-state index in [0.717, 1.165) is 0 Å². The van der Waals surface area contributed by atoms with Crippen molar-refractivity contribution in [1.29, 1.82) is 5.26 Å². The van der Waals surface area contributed by atoms with Gasteiger partial charge in [0.1, 0.15) is 5.92 Å². The van der Waals surface area contributed by atoms with E-state index in [1.54, 1.807) is 24.3 Å². The van der Waals surface area contributed by atoms with E-state index in [0.29, 0.717) is 10.6 Å². The van der Waals surface area contributed by atoms with Gasteiger partial charge in [0.2, 0.25) is 5.91 Å². The minimum atomic E-state index is -0.918. The fourth-order valence-corrected chi connectivity index (χ4v) is 1.19. The predicted molar refractivity (Wildman–Crippen MR) is 49.0 cm³/mol. The maximum absolute atomic E-state index is 10.8. The second kappa shape index (κ2) is 3.92. The first-order chi connectivity index (χ1) is 6.15. The molecule has 0 radical (unpaired) electrons. The van der Waals surface area contributed by atoms with Gasteiger partial charge < -0.3 is 5.73 Å². The number of primary amides is 1. The van der Waals surface area contributed by atoms with E-state index in [9.17, 15) is 4.79 Å². The number of amides is 1. The Labute approximate surface area is 80.7 Å². The molecule has 0 aliphatic heterocycles. The van der Waals surface area contributed by atoms with Crippen LogP contribution in [0.15, 0.2) is 24.3 Å². The van der Waals surface area contributed by atoms with E-state index in [1.807, 2.05) is 6.07 Å². The average Bonchev–Trinajstić information content (AvgIpc) is 2.04. The number of hydrogen-bond acceptors (Lipinski definition) is 2. The Balaban J connectivity index is 3.07. The molecule has 0 aliphatic rings. The minimum Gasteiger partial charge on any atom is -0.368 e. The van der Waals surface area contributed by atoms with Gasteiger partial charge in [0, 0.05) is 5.02 Å². The van der Waals surface area contributed by atoms with Crippen molar-refractivity contribution in [2.45, 2.75) is 5.92 Å². The van der Waals surface area contributed by atoms with Crippen molar-refractivity contribution in [2.75, 3.05) is 0 Å². The number of rotatable bonds is 2. The first-order valence-corrected chi connectivity index (χ1v) is 3.97. The van der Waals surface area contributed by atoms with Crippen molar-refractivity contribution in [2.24, 2.45) is 5.73 Å². The quantitative estimate of drug-likeness (QED) is 0.774. The Morgan fingerprint density at radius 1 is 1.62 bits per heavy atom. The summed E-state index contributed by atoms with van der Waals surface area (Å²) in [4.78, 5) is 10.8. The highest BCUT2D eigenvalue weighted by atomic mass is 35.5. The SMILES string of the molecule is N#CC(C(N)=O)c1cccc(Cl)c1. The molecule has 0 aliphatic carbocycles. The van der Waals surface area contributed by atoms with E-state index in [-0.39, 0.29) is 0 Å². The van der Waals surface area contributed by atoms with Gasteiger partial charge in [0.25, 0.3) is 0 Å². The lowest BCUT2D eigenvalue weighted by Crippen LogP contribution is -2.19. The second-order valence-corrected chi connectivity index (χ2v) is 2.96. The van der Waals surface area contributed by atoms with Crippen LogP contribution >= 0.6 is 11.6 Å². The normalized spacial score (nSPS) is 11.7. The van der Waals surface area contributed by atoms with E-state index < -0.39 is 11.8 Å². The van der Waals surface area contributed by atoms with Crippen LogP contribution in [-0.4, -0.2) is 5.91 Å². The van der Waals surface area contributed by atoms with Crippen molar-refractivity contribution < 1.29 is 4.79 Å². The topological polar surface area (TPSA) is 66.9 Å². The van der Waals surface area contributed by atoms with E-state index in [4.69, 9.17) is 22.6 Å². The van der Waals surface area contributed by atoms with Crippen LogP contribution in [0.25, 0.3) is 0 Å². The molecule has 0 spiro atoms. The van der Waals surface area contributed by atoms with Gasteiger partial charge in [0.15, 0.2) is 0 Å². The Morgan fingerprint density at radius 3 is 2.77 bits per heavy atom. The number of nitrogens with two attached hydrogens (primary N) is 1. The van der Waals surface area contributed by atoms with Crippen molar-refractivity contribution in [3.63, 3.8) is 0 Å². The molecule has 13 heavy (non-hydrogen) atoms. The second-order valence-electron chi connectivity index (χ2n) is 2.52. The van der Waals surface area contributed by atoms with Crippen LogP contribution in [0.3, 0.4) is 0 Å². The van der Waals surface area contributed by atoms with Gasteiger partial charge in [-0.3, -0.25) is 4.79 Å². The third-order valence-electron chi connectivity index (χ3n) is 1.60. The average molecular weight is 195 g/mol. The third kappa shape index (κ3) is 2.20. The summed E-state index contributed by atoms with van der Waals surface area (Å²) in [6.45, 7) is 0. The van der Waals surface area contributed by atoms with Crippen LogP contribution in [0.4, 0.5) is 0 Å². The molecular weight excluding hydrogens is 188 g/mol. The summed E-state index contributed by atoms with van der Waals surface area (Å²) in [5.41, 5.74) is 5.55. The zero-order valence-electron chi connectivity index (χ0n) is 6.70. The fraction of sp³-hybridized carbons (Fsp3) is 0.111. The Morgan fingerprint density at radius 2 is 2.31 bits per heavy atom. The highest BCUT2D eigenvalue weighted by molar-refractivity contribution is 6.30. The maximum Gasteiger partial charge on any atom is 0.239 e. The van der Waals surface area contributed by atoms with Gasteiger partial charge in [-0.25, -0.2) is 0 Å². The molecule has 0 saturated heterocycles. The number of carbonyl (C=O) groups is 1. The highest BCUT2D eigenvalue weighted by Crippen LogP contribution is 2.18. The van der Waals surface area contributed by atoms with E-state index in [2.05, 4.69) is 0 Å². The molecule has 0 fully saturated rings. The van der Waals surface area contributed by atoms with Crippen LogP contribution in [0, 0.1) is 11.3 Å². The lowest BCUT2D eigenvalue weighted by atomic mass is 10.0. The van der Waals surface area contributed by atoms with Crippen LogP contribution in [0.1, 0.15) is 11.5 Å². The molecular formula is C9H7ClN2O. The Bertz CT molecular complexity index is 370. The number of benzene rings is 1. The molecule has 4 heteroatoms. The molecule has 66 valence electrons. The number of halogens is 1. The zero-order valence-corrected chi connectivity index (χ0v) is 7.45. The van der Waals surface area contributed by atoms with Crippen molar-refractivity contribution in [3.8, 4) is 6.07 Å². The molecule has 1 aromatic carbocycles. The summed E-state index contributed by atoms with van der Waals surface area (Å²) in [5, 5.41) is 9.13. The highest BCUT2D eigenvalue weighted by Gasteiger charge is 2.16. The molecule has 1 unspecified atom stereocenters. The minimum absolute atomic E-state index is 0.485. The van der Waals surface area contributed by atoms with E-state index >= 15 is 0 Å². The van der Waals surface area contributed by atoms with Crippen LogP contribution in [0.2, 0.25) is 5.02 Å². The summed E-state index contributed by atoms with van der Waals surface area (Å²) in [7, 11) is 0. The molecule has 2 N–H and O–H groups in total. The summed E-state index contributed by atoms with van der Waals surface area (Å²) in [6, 6.07) is 8.35. The van der Waals surface area contributed by atoms with Crippen LogP contribution < -0.4 is 5.73 Å². The third-order valence-corrected chi connectivity index (χ3v) is 1.83. The predicted octanol–water partition coefficient (Wildman–Crippen LogP) is 1.43. The number of carbonyl (C=O) groups excluding carboxylic acids is 1. The van der Waals surface area contributed by atoms with Crippen molar-refractivity contribution in [1.82, 2.24) is 0 Å². The monoisotopic (exact) mass is 194 g/mol. The number of nitrogens with zero attached hydrogens (tertiary/aromatic N) is 1. The summed E-state index contributed by atoms with van der Waals surface area (Å²) >= 11 is 5.69. The summed E-state index contributed by atoms with van der Waals surface area (Å²) in [5.74, 6) is -1.58. The Hall–Kier alpha value is -1.53. The molecule has 1 atom stereocenters.